The van der Waals surface area contributed by atoms with Crippen LogP contribution in [0.1, 0.15) is 37.9 Å². The van der Waals surface area contributed by atoms with Gasteiger partial charge in [-0.3, -0.25) is 4.90 Å². The number of nitrogens with zero attached hydrogens (tertiary/aromatic N) is 2. The minimum Gasteiger partial charge on any atom is -0.506 e. The van der Waals surface area contributed by atoms with Crippen molar-refractivity contribution in [2.75, 3.05) is 26.2 Å². The van der Waals surface area contributed by atoms with Crippen molar-refractivity contribution in [2.24, 2.45) is 5.41 Å². The summed E-state index contributed by atoms with van der Waals surface area (Å²) in [6, 6.07) is 7.63. The van der Waals surface area contributed by atoms with E-state index in [1.54, 1.807) is 6.07 Å². The van der Waals surface area contributed by atoms with E-state index < -0.39 is 0 Å². The smallest absolute Gasteiger partial charge is 0.138 e. The van der Waals surface area contributed by atoms with Crippen LogP contribution in [0.25, 0.3) is 0 Å². The third-order valence-electron chi connectivity index (χ3n) is 3.82. The van der Waals surface area contributed by atoms with Crippen LogP contribution in [0, 0.1) is 16.7 Å². The summed E-state index contributed by atoms with van der Waals surface area (Å²) in [6.07, 6.45) is 0. The molecule has 20 heavy (non-hydrogen) atoms. The summed E-state index contributed by atoms with van der Waals surface area (Å²) in [7, 11) is 0. The molecule has 0 unspecified atom stereocenters. The largest absolute Gasteiger partial charge is 0.506 e. The Bertz CT molecular complexity index is 507. The van der Waals surface area contributed by atoms with Crippen molar-refractivity contribution in [1.82, 2.24) is 10.2 Å². The van der Waals surface area contributed by atoms with Crippen molar-refractivity contribution in [3.63, 3.8) is 0 Å². The van der Waals surface area contributed by atoms with E-state index in [1.165, 1.54) is 0 Å². The van der Waals surface area contributed by atoms with Gasteiger partial charge < -0.3 is 10.4 Å². The zero-order chi connectivity index (χ0) is 14.8. The van der Waals surface area contributed by atoms with Crippen LogP contribution in [0.15, 0.2) is 18.2 Å². The molecule has 0 bridgehead atoms. The molecule has 4 nitrogen and oxygen atoms in total. The van der Waals surface area contributed by atoms with Crippen LogP contribution in [0.4, 0.5) is 0 Å². The molecule has 0 saturated carbocycles. The summed E-state index contributed by atoms with van der Waals surface area (Å²) < 4.78 is 0. The second-order valence-corrected chi connectivity index (χ2v) is 6.41. The molecule has 0 aromatic heterocycles. The zero-order valence-electron chi connectivity index (χ0n) is 12.5. The Kier molecular flexibility index (Phi) is 4.32. The Balaban J connectivity index is 2.44. The fraction of sp³-hybridized carbons (Fsp3) is 0.562. The molecular weight excluding hydrogens is 250 g/mol. The summed E-state index contributed by atoms with van der Waals surface area (Å²) in [5.74, 6) is 0.133. The number of piperazine rings is 1. The van der Waals surface area contributed by atoms with Gasteiger partial charge in [-0.25, -0.2) is 0 Å². The number of phenolic OH excluding ortho intramolecular Hbond substituents is 1. The van der Waals surface area contributed by atoms with Gasteiger partial charge in [0, 0.05) is 37.8 Å². The molecule has 1 atom stereocenters. The molecule has 1 aliphatic rings. The van der Waals surface area contributed by atoms with Crippen LogP contribution in [-0.2, 0) is 0 Å². The van der Waals surface area contributed by atoms with Crippen LogP contribution >= 0.6 is 0 Å². The molecule has 1 aromatic carbocycles. The van der Waals surface area contributed by atoms with Gasteiger partial charge in [0.2, 0.25) is 0 Å². The number of phenols is 1. The molecule has 0 amide bonds. The molecule has 2 N–H and O–H groups in total. The molecule has 0 spiro atoms. The number of nitrogens with one attached hydrogen (secondary N) is 1. The molecule has 2 rings (SSSR count). The second-order valence-electron chi connectivity index (χ2n) is 6.41. The first-order valence-electron chi connectivity index (χ1n) is 7.12. The molecule has 0 aliphatic carbocycles. The van der Waals surface area contributed by atoms with E-state index in [-0.39, 0.29) is 17.2 Å². The van der Waals surface area contributed by atoms with Crippen molar-refractivity contribution >= 4 is 0 Å². The van der Waals surface area contributed by atoms with Crippen LogP contribution in [0.3, 0.4) is 0 Å². The molecule has 1 fully saturated rings. The minimum absolute atomic E-state index is 0.0110. The Morgan fingerprint density at radius 3 is 2.50 bits per heavy atom. The van der Waals surface area contributed by atoms with Crippen LogP contribution in [0.5, 0.6) is 5.75 Å². The first-order chi connectivity index (χ1) is 9.45. The van der Waals surface area contributed by atoms with Gasteiger partial charge in [0.05, 0.1) is 5.56 Å². The normalized spacial score (nSPS) is 18.5. The average Bonchev–Trinajstić information content (AvgIpc) is 2.41. The first kappa shape index (κ1) is 14.8. The summed E-state index contributed by atoms with van der Waals surface area (Å²) in [4.78, 5) is 2.40. The van der Waals surface area contributed by atoms with Gasteiger partial charge in [0.15, 0.2) is 0 Å². The van der Waals surface area contributed by atoms with Crippen molar-refractivity contribution in [1.29, 1.82) is 5.26 Å². The van der Waals surface area contributed by atoms with E-state index in [4.69, 9.17) is 5.26 Å². The molecule has 4 heteroatoms. The zero-order valence-corrected chi connectivity index (χ0v) is 12.5. The molecule has 1 aromatic rings. The first-order valence-corrected chi connectivity index (χ1v) is 7.12. The van der Waals surface area contributed by atoms with E-state index >= 15 is 0 Å². The van der Waals surface area contributed by atoms with Gasteiger partial charge in [0.1, 0.15) is 11.8 Å². The highest BCUT2D eigenvalue weighted by Crippen LogP contribution is 2.42. The Morgan fingerprint density at radius 1 is 1.30 bits per heavy atom. The van der Waals surface area contributed by atoms with Gasteiger partial charge in [-0.1, -0.05) is 32.9 Å². The minimum atomic E-state index is -0.0110. The summed E-state index contributed by atoms with van der Waals surface area (Å²) in [6.45, 7) is 10.4. The Labute approximate surface area is 121 Å². The second kappa shape index (κ2) is 5.82. The van der Waals surface area contributed by atoms with Crippen LogP contribution in [0.2, 0.25) is 0 Å². The highest BCUT2D eigenvalue weighted by molar-refractivity contribution is 5.49. The average molecular weight is 273 g/mol. The highest BCUT2D eigenvalue weighted by Gasteiger charge is 2.34. The van der Waals surface area contributed by atoms with Crippen molar-refractivity contribution in [3.05, 3.63) is 29.3 Å². The third kappa shape index (κ3) is 2.95. The predicted octanol–water partition coefficient (Wildman–Crippen LogP) is 2.26. The van der Waals surface area contributed by atoms with E-state index in [9.17, 15) is 5.11 Å². The van der Waals surface area contributed by atoms with E-state index in [0.717, 1.165) is 31.7 Å². The van der Waals surface area contributed by atoms with Gasteiger partial charge >= 0.3 is 0 Å². The summed E-state index contributed by atoms with van der Waals surface area (Å²) in [5, 5.41) is 22.8. The molecule has 0 radical (unpaired) electrons. The molecule has 108 valence electrons. The van der Waals surface area contributed by atoms with E-state index in [0.29, 0.717) is 5.56 Å². The lowest BCUT2D eigenvalue weighted by Crippen LogP contribution is -2.48. The Hall–Kier alpha value is -1.57. The number of hydrogen-bond acceptors (Lipinski definition) is 4. The number of benzene rings is 1. The quantitative estimate of drug-likeness (QED) is 0.867. The van der Waals surface area contributed by atoms with Crippen molar-refractivity contribution in [3.8, 4) is 11.8 Å². The Morgan fingerprint density at radius 2 is 1.95 bits per heavy atom. The number of aromatic hydroxyl groups is 1. The number of nitriles is 1. The number of rotatable bonds is 2. The monoisotopic (exact) mass is 273 g/mol. The maximum atomic E-state index is 10.4. The number of para-hydroxylation sites is 1. The lowest BCUT2D eigenvalue weighted by atomic mass is 9.80. The summed E-state index contributed by atoms with van der Waals surface area (Å²) in [5.41, 5.74) is 1.20. The van der Waals surface area contributed by atoms with Gasteiger partial charge in [-0.2, -0.15) is 5.26 Å². The lowest BCUT2D eigenvalue weighted by Gasteiger charge is -2.42. The predicted molar refractivity (Wildman–Crippen MR) is 79.5 cm³/mol. The SMILES string of the molecule is CC(C)(C)[C@@H](c1cccc(C#N)c1O)N1CCNCC1. The van der Waals surface area contributed by atoms with Crippen molar-refractivity contribution in [2.45, 2.75) is 26.8 Å². The van der Waals surface area contributed by atoms with Crippen LogP contribution in [-0.4, -0.2) is 36.2 Å². The van der Waals surface area contributed by atoms with Crippen LogP contribution < -0.4 is 5.32 Å². The fourth-order valence-corrected chi connectivity index (χ4v) is 3.02. The summed E-state index contributed by atoms with van der Waals surface area (Å²) >= 11 is 0. The fourth-order valence-electron chi connectivity index (χ4n) is 3.02. The topological polar surface area (TPSA) is 59.3 Å². The third-order valence-corrected chi connectivity index (χ3v) is 3.82. The van der Waals surface area contributed by atoms with E-state index in [1.807, 2.05) is 12.1 Å². The molecule has 1 heterocycles. The maximum Gasteiger partial charge on any atom is 0.138 e. The number of hydrogen-bond donors (Lipinski definition) is 2. The van der Waals surface area contributed by atoms with E-state index in [2.05, 4.69) is 37.1 Å². The lowest BCUT2D eigenvalue weighted by molar-refractivity contribution is 0.0842. The van der Waals surface area contributed by atoms with Gasteiger partial charge in [-0.05, 0) is 11.5 Å². The van der Waals surface area contributed by atoms with Gasteiger partial charge in [-0.15, -0.1) is 0 Å². The van der Waals surface area contributed by atoms with Gasteiger partial charge in [0.25, 0.3) is 0 Å². The molecule has 1 saturated heterocycles. The maximum absolute atomic E-state index is 10.4. The highest BCUT2D eigenvalue weighted by atomic mass is 16.3. The standard InChI is InChI=1S/C16H23N3O/c1-16(2,3)15(19-9-7-18-8-10-19)13-6-4-5-12(11-17)14(13)20/h4-6,15,18,20H,7-10H2,1-3H3/t15-/m1/s1. The van der Waals surface area contributed by atoms with Crippen molar-refractivity contribution < 1.29 is 5.11 Å². The molecular formula is C16H23N3O. The molecule has 1 aliphatic heterocycles.